The fraction of sp³-hybridized carbons (Fsp3) is 0.632. The van der Waals surface area contributed by atoms with Gasteiger partial charge in [0.2, 0.25) is 0 Å². The summed E-state index contributed by atoms with van der Waals surface area (Å²) in [5.74, 6) is 2.81. The maximum absolute atomic E-state index is 5.96. The Morgan fingerprint density at radius 1 is 1.31 bits per heavy atom. The summed E-state index contributed by atoms with van der Waals surface area (Å²) in [7, 11) is 3.29. The molecule has 1 aromatic carbocycles. The van der Waals surface area contributed by atoms with Crippen molar-refractivity contribution in [2.75, 3.05) is 46.9 Å². The summed E-state index contributed by atoms with van der Waals surface area (Å²) in [5.41, 5.74) is 7.13. The lowest BCUT2D eigenvalue weighted by Crippen LogP contribution is -2.37. The molecule has 1 atom stereocenters. The number of hydrogen-bond donors (Lipinski definition) is 2. The third-order valence-corrected chi connectivity index (χ3v) is 4.61. The van der Waals surface area contributed by atoms with E-state index in [2.05, 4.69) is 22.1 Å². The predicted octanol–water partition coefficient (Wildman–Crippen LogP) is 2.50. The molecule has 2 rings (SSSR count). The van der Waals surface area contributed by atoms with Gasteiger partial charge in [-0.15, -0.1) is 24.0 Å². The third-order valence-electron chi connectivity index (χ3n) is 4.61. The molecule has 3 N–H and O–H groups in total. The molecule has 0 bridgehead atoms. The molecule has 0 saturated carbocycles. The molecule has 148 valence electrons. The first-order valence-corrected chi connectivity index (χ1v) is 9.09. The van der Waals surface area contributed by atoms with Crippen LogP contribution in [0.4, 0.5) is 0 Å². The summed E-state index contributed by atoms with van der Waals surface area (Å²) in [6.07, 6.45) is 3.49. The number of rotatable bonds is 8. The monoisotopic (exact) mass is 476 g/mol. The van der Waals surface area contributed by atoms with Gasteiger partial charge in [-0.3, -0.25) is 4.99 Å². The topological polar surface area (TPSA) is 72.1 Å². The Balaban J connectivity index is 0.00000338. The largest absolute Gasteiger partial charge is 0.493 e. The Labute approximate surface area is 174 Å². The number of likely N-dealkylation sites (tertiary alicyclic amines) is 1. The zero-order chi connectivity index (χ0) is 18.1. The zero-order valence-electron chi connectivity index (χ0n) is 16.2. The lowest BCUT2D eigenvalue weighted by molar-refractivity contribution is 0.189. The predicted molar refractivity (Wildman–Crippen MR) is 118 cm³/mol. The second-order valence-corrected chi connectivity index (χ2v) is 6.68. The van der Waals surface area contributed by atoms with Crippen molar-refractivity contribution in [3.63, 3.8) is 0 Å². The molecule has 7 heteroatoms. The van der Waals surface area contributed by atoms with Gasteiger partial charge in [-0.1, -0.05) is 13.0 Å². The summed E-state index contributed by atoms with van der Waals surface area (Å²) < 4.78 is 10.6. The van der Waals surface area contributed by atoms with E-state index >= 15 is 0 Å². The Morgan fingerprint density at radius 2 is 2.08 bits per heavy atom. The number of nitrogens with two attached hydrogens (primary N) is 1. The minimum absolute atomic E-state index is 0. The SMILES string of the molecule is COc1ccc(CCNC(N)=NCCN2CCCC(C)C2)cc1OC.I. The molecule has 26 heavy (non-hydrogen) atoms. The van der Waals surface area contributed by atoms with Crippen LogP contribution in [0.25, 0.3) is 0 Å². The van der Waals surface area contributed by atoms with Crippen LogP contribution >= 0.6 is 24.0 Å². The first kappa shape index (κ1) is 22.8. The van der Waals surface area contributed by atoms with Crippen molar-refractivity contribution in [2.24, 2.45) is 16.6 Å². The summed E-state index contributed by atoms with van der Waals surface area (Å²) in [5, 5.41) is 3.18. The Bertz CT molecular complexity index is 568. The maximum Gasteiger partial charge on any atom is 0.188 e. The quantitative estimate of drug-likeness (QED) is 0.343. The van der Waals surface area contributed by atoms with E-state index in [9.17, 15) is 0 Å². The average molecular weight is 476 g/mol. The minimum atomic E-state index is 0. The van der Waals surface area contributed by atoms with E-state index < -0.39 is 0 Å². The van der Waals surface area contributed by atoms with Crippen LogP contribution in [0.5, 0.6) is 11.5 Å². The highest BCUT2D eigenvalue weighted by Crippen LogP contribution is 2.27. The molecule has 1 aliphatic rings. The molecule has 0 aromatic heterocycles. The van der Waals surface area contributed by atoms with Crippen molar-refractivity contribution in [1.82, 2.24) is 10.2 Å². The second kappa shape index (κ2) is 12.2. The van der Waals surface area contributed by atoms with Gasteiger partial charge in [-0.05, 0) is 49.4 Å². The summed E-state index contributed by atoms with van der Waals surface area (Å²) in [4.78, 5) is 6.91. The fourth-order valence-electron chi connectivity index (χ4n) is 3.23. The molecule has 1 saturated heterocycles. The van der Waals surface area contributed by atoms with E-state index in [4.69, 9.17) is 15.2 Å². The van der Waals surface area contributed by atoms with Gasteiger partial charge in [-0.25, -0.2) is 0 Å². The van der Waals surface area contributed by atoms with Gasteiger partial charge in [0, 0.05) is 19.6 Å². The number of halogens is 1. The summed E-state index contributed by atoms with van der Waals surface area (Å²) in [6, 6.07) is 5.95. The van der Waals surface area contributed by atoms with Crippen LogP contribution in [0, 0.1) is 5.92 Å². The highest BCUT2D eigenvalue weighted by Gasteiger charge is 2.15. The van der Waals surface area contributed by atoms with Crippen LogP contribution in [0.1, 0.15) is 25.3 Å². The number of ether oxygens (including phenoxy) is 2. The zero-order valence-corrected chi connectivity index (χ0v) is 18.5. The van der Waals surface area contributed by atoms with E-state index in [0.717, 1.165) is 43.5 Å². The molecule has 0 spiro atoms. The lowest BCUT2D eigenvalue weighted by Gasteiger charge is -2.30. The second-order valence-electron chi connectivity index (χ2n) is 6.68. The normalized spacial score (nSPS) is 18.1. The molecule has 1 aromatic rings. The van der Waals surface area contributed by atoms with Gasteiger partial charge < -0.3 is 25.4 Å². The molecule has 6 nitrogen and oxygen atoms in total. The van der Waals surface area contributed by atoms with Crippen molar-refractivity contribution < 1.29 is 9.47 Å². The molecule has 0 amide bonds. The van der Waals surface area contributed by atoms with Crippen molar-refractivity contribution in [1.29, 1.82) is 0 Å². The highest BCUT2D eigenvalue weighted by atomic mass is 127. The Kier molecular flexibility index (Phi) is 10.7. The molecular formula is C19H33IN4O2. The number of nitrogens with zero attached hydrogens (tertiary/aromatic N) is 2. The molecular weight excluding hydrogens is 443 g/mol. The third kappa shape index (κ3) is 7.57. The number of hydrogen-bond acceptors (Lipinski definition) is 4. The standard InChI is InChI=1S/C19H32N4O2.HI/c1-15-5-4-11-23(14-15)12-10-22-19(20)21-9-8-16-6-7-17(24-2)18(13-16)25-3;/h6-7,13,15H,4-5,8-12,14H2,1-3H3,(H3,20,21,22);1H. The number of methoxy groups -OCH3 is 2. The highest BCUT2D eigenvalue weighted by molar-refractivity contribution is 14.0. The molecule has 0 radical (unpaired) electrons. The van der Waals surface area contributed by atoms with Crippen LogP contribution in [-0.4, -0.2) is 57.8 Å². The van der Waals surface area contributed by atoms with Crippen LogP contribution < -0.4 is 20.5 Å². The molecule has 1 aliphatic heterocycles. The van der Waals surface area contributed by atoms with Crippen molar-refractivity contribution in [2.45, 2.75) is 26.2 Å². The average Bonchev–Trinajstić information content (AvgIpc) is 2.61. The number of guanidine groups is 1. The van der Waals surface area contributed by atoms with Crippen molar-refractivity contribution in [3.8, 4) is 11.5 Å². The van der Waals surface area contributed by atoms with Crippen LogP contribution in [0.3, 0.4) is 0 Å². The number of piperidine rings is 1. The van der Waals surface area contributed by atoms with E-state index in [0.29, 0.717) is 5.96 Å². The maximum atomic E-state index is 5.96. The van der Waals surface area contributed by atoms with Crippen molar-refractivity contribution >= 4 is 29.9 Å². The Morgan fingerprint density at radius 3 is 2.77 bits per heavy atom. The molecule has 1 unspecified atom stereocenters. The van der Waals surface area contributed by atoms with Gasteiger partial charge >= 0.3 is 0 Å². The van der Waals surface area contributed by atoms with Crippen molar-refractivity contribution in [3.05, 3.63) is 23.8 Å². The first-order valence-electron chi connectivity index (χ1n) is 9.09. The fourth-order valence-corrected chi connectivity index (χ4v) is 3.23. The minimum Gasteiger partial charge on any atom is -0.493 e. The summed E-state index contributed by atoms with van der Waals surface area (Å²) >= 11 is 0. The van der Waals surface area contributed by atoms with Gasteiger partial charge in [0.15, 0.2) is 17.5 Å². The smallest absolute Gasteiger partial charge is 0.188 e. The van der Waals surface area contributed by atoms with E-state index in [1.54, 1.807) is 14.2 Å². The molecule has 1 fully saturated rings. The molecule has 1 heterocycles. The van der Waals surface area contributed by atoms with Gasteiger partial charge in [-0.2, -0.15) is 0 Å². The molecule has 0 aliphatic carbocycles. The van der Waals surface area contributed by atoms with Crippen LogP contribution in [-0.2, 0) is 6.42 Å². The van der Waals surface area contributed by atoms with E-state index in [1.807, 2.05) is 18.2 Å². The summed E-state index contributed by atoms with van der Waals surface area (Å²) in [6.45, 7) is 7.17. The van der Waals surface area contributed by atoms with Gasteiger partial charge in [0.1, 0.15) is 0 Å². The van der Waals surface area contributed by atoms with Crippen LogP contribution in [0.15, 0.2) is 23.2 Å². The van der Waals surface area contributed by atoms with Gasteiger partial charge in [0.25, 0.3) is 0 Å². The number of aliphatic imine (C=N–C) groups is 1. The van der Waals surface area contributed by atoms with E-state index in [1.165, 1.54) is 31.5 Å². The van der Waals surface area contributed by atoms with Gasteiger partial charge in [0.05, 0.1) is 20.8 Å². The first-order chi connectivity index (χ1) is 12.1. The van der Waals surface area contributed by atoms with E-state index in [-0.39, 0.29) is 24.0 Å². The van der Waals surface area contributed by atoms with Crippen LogP contribution in [0.2, 0.25) is 0 Å². The lowest BCUT2D eigenvalue weighted by atomic mass is 10.0. The number of benzene rings is 1. The number of nitrogens with one attached hydrogen (secondary N) is 1. The Hall–Kier alpha value is -1.22.